The van der Waals surface area contributed by atoms with Crippen molar-refractivity contribution >= 4 is 17.8 Å². The van der Waals surface area contributed by atoms with E-state index in [9.17, 15) is 14.4 Å². The van der Waals surface area contributed by atoms with E-state index in [-0.39, 0.29) is 18.4 Å². The monoisotopic (exact) mass is 270 g/mol. The third-order valence-electron chi connectivity index (χ3n) is 3.07. The minimum absolute atomic E-state index is 0.0399. The summed E-state index contributed by atoms with van der Waals surface area (Å²) in [6.45, 7) is 3.88. The molecular formula is C13H22N2O4. The van der Waals surface area contributed by atoms with Crippen molar-refractivity contribution in [3.8, 4) is 0 Å². The molecule has 0 bridgehead atoms. The van der Waals surface area contributed by atoms with Crippen molar-refractivity contribution < 1.29 is 19.5 Å². The van der Waals surface area contributed by atoms with E-state index >= 15 is 0 Å². The summed E-state index contributed by atoms with van der Waals surface area (Å²) in [5.74, 6) is -1.16. The first-order valence-electron chi connectivity index (χ1n) is 6.69. The molecule has 3 N–H and O–H groups in total. The van der Waals surface area contributed by atoms with Gasteiger partial charge in [0.1, 0.15) is 6.04 Å². The predicted molar refractivity (Wildman–Crippen MR) is 69.4 cm³/mol. The van der Waals surface area contributed by atoms with Crippen LogP contribution in [0.3, 0.4) is 0 Å². The van der Waals surface area contributed by atoms with Crippen LogP contribution in [0.4, 0.5) is 0 Å². The van der Waals surface area contributed by atoms with E-state index in [1.807, 2.05) is 13.8 Å². The molecule has 0 heterocycles. The molecule has 108 valence electrons. The van der Waals surface area contributed by atoms with E-state index in [1.54, 1.807) is 0 Å². The van der Waals surface area contributed by atoms with Crippen LogP contribution in [0.25, 0.3) is 0 Å². The molecule has 1 atom stereocenters. The van der Waals surface area contributed by atoms with Gasteiger partial charge in [-0.25, -0.2) is 4.79 Å². The Morgan fingerprint density at radius 2 is 1.84 bits per heavy atom. The summed E-state index contributed by atoms with van der Waals surface area (Å²) in [5, 5.41) is 13.9. The van der Waals surface area contributed by atoms with Gasteiger partial charge in [-0.15, -0.1) is 0 Å². The van der Waals surface area contributed by atoms with Crippen LogP contribution in [0, 0.1) is 11.8 Å². The average Bonchev–Trinajstić information content (AvgIpc) is 3.14. The van der Waals surface area contributed by atoms with Gasteiger partial charge in [-0.3, -0.25) is 9.59 Å². The molecule has 0 aliphatic heterocycles. The largest absolute Gasteiger partial charge is 0.480 e. The zero-order valence-corrected chi connectivity index (χ0v) is 11.4. The van der Waals surface area contributed by atoms with Gasteiger partial charge in [-0.2, -0.15) is 0 Å². The van der Waals surface area contributed by atoms with E-state index in [4.69, 9.17) is 5.11 Å². The van der Waals surface area contributed by atoms with Gasteiger partial charge in [0.05, 0.1) is 6.54 Å². The van der Waals surface area contributed by atoms with Gasteiger partial charge in [0.2, 0.25) is 11.8 Å². The lowest BCUT2D eigenvalue weighted by atomic mass is 10.1. The summed E-state index contributed by atoms with van der Waals surface area (Å²) in [4.78, 5) is 33.9. The Hall–Kier alpha value is -1.59. The van der Waals surface area contributed by atoms with Crippen LogP contribution in [-0.4, -0.2) is 35.5 Å². The quantitative estimate of drug-likeness (QED) is 0.599. The molecule has 0 spiro atoms. The van der Waals surface area contributed by atoms with Crippen molar-refractivity contribution in [2.45, 2.75) is 45.6 Å². The van der Waals surface area contributed by atoms with E-state index in [0.29, 0.717) is 12.3 Å². The van der Waals surface area contributed by atoms with Gasteiger partial charge in [-0.1, -0.05) is 13.8 Å². The van der Waals surface area contributed by atoms with E-state index in [0.717, 1.165) is 19.3 Å². The standard InChI is InChI=1S/C13H22N2O4/c1-8(2)3-6-10(16)14-7-11(17)15-12(13(18)19)9-4-5-9/h8-9,12H,3-7H2,1-2H3,(H,14,16)(H,15,17)(H,18,19). The molecule has 1 aliphatic carbocycles. The number of carboxylic acid groups (broad SMARTS) is 1. The van der Waals surface area contributed by atoms with Crippen molar-refractivity contribution in [1.29, 1.82) is 0 Å². The number of rotatable bonds is 8. The molecule has 0 aromatic carbocycles. The second-order valence-electron chi connectivity index (χ2n) is 5.43. The van der Waals surface area contributed by atoms with E-state index in [2.05, 4.69) is 10.6 Å². The molecule has 1 rings (SSSR count). The normalized spacial score (nSPS) is 15.9. The summed E-state index contributed by atoms with van der Waals surface area (Å²) >= 11 is 0. The highest BCUT2D eigenvalue weighted by atomic mass is 16.4. The first-order valence-corrected chi connectivity index (χ1v) is 6.69. The number of hydrogen-bond acceptors (Lipinski definition) is 3. The topological polar surface area (TPSA) is 95.5 Å². The van der Waals surface area contributed by atoms with E-state index in [1.165, 1.54) is 0 Å². The molecule has 1 saturated carbocycles. The van der Waals surface area contributed by atoms with Gasteiger partial charge in [0.15, 0.2) is 0 Å². The molecule has 0 radical (unpaired) electrons. The van der Waals surface area contributed by atoms with Gasteiger partial charge >= 0.3 is 5.97 Å². The van der Waals surface area contributed by atoms with Crippen LogP contribution in [0.15, 0.2) is 0 Å². The summed E-state index contributed by atoms with van der Waals surface area (Å²) in [6.07, 6.45) is 2.82. The maximum atomic E-state index is 11.5. The minimum atomic E-state index is -1.01. The lowest BCUT2D eigenvalue weighted by Gasteiger charge is -2.14. The Morgan fingerprint density at radius 3 is 2.32 bits per heavy atom. The fourth-order valence-corrected chi connectivity index (χ4v) is 1.72. The Bertz CT molecular complexity index is 351. The molecule has 2 amide bonds. The van der Waals surface area contributed by atoms with Gasteiger partial charge in [-0.05, 0) is 31.1 Å². The van der Waals surface area contributed by atoms with Crippen LogP contribution < -0.4 is 10.6 Å². The third-order valence-corrected chi connectivity index (χ3v) is 3.07. The molecule has 1 aliphatic rings. The zero-order chi connectivity index (χ0) is 14.4. The number of amides is 2. The molecule has 0 saturated heterocycles. The summed E-state index contributed by atoms with van der Waals surface area (Å²) in [7, 11) is 0. The van der Waals surface area contributed by atoms with E-state index < -0.39 is 17.9 Å². The van der Waals surface area contributed by atoms with Gasteiger partial charge < -0.3 is 15.7 Å². The highest BCUT2D eigenvalue weighted by Gasteiger charge is 2.37. The molecule has 1 unspecified atom stereocenters. The number of nitrogens with one attached hydrogen (secondary N) is 2. The maximum absolute atomic E-state index is 11.5. The lowest BCUT2D eigenvalue weighted by molar-refractivity contribution is -0.142. The van der Waals surface area contributed by atoms with Crippen molar-refractivity contribution in [3.05, 3.63) is 0 Å². The predicted octanol–water partition coefficient (Wildman–Crippen LogP) is 0.518. The first-order chi connectivity index (χ1) is 8.90. The second-order valence-corrected chi connectivity index (χ2v) is 5.43. The Balaban J connectivity index is 2.23. The number of aliphatic carboxylic acids is 1. The van der Waals surface area contributed by atoms with Gasteiger partial charge in [0, 0.05) is 6.42 Å². The third kappa shape index (κ3) is 6.22. The summed E-state index contributed by atoms with van der Waals surface area (Å²) in [6, 6.07) is -0.819. The number of carbonyl (C=O) groups excluding carboxylic acids is 2. The Morgan fingerprint density at radius 1 is 1.21 bits per heavy atom. The Kier molecular flexibility index (Phi) is 5.79. The lowest BCUT2D eigenvalue weighted by Crippen LogP contribution is -2.46. The van der Waals surface area contributed by atoms with Crippen LogP contribution in [0.2, 0.25) is 0 Å². The SMILES string of the molecule is CC(C)CCC(=O)NCC(=O)NC(C(=O)O)C1CC1. The highest BCUT2D eigenvalue weighted by Crippen LogP contribution is 2.32. The van der Waals surface area contributed by atoms with Crippen molar-refractivity contribution in [2.75, 3.05) is 6.54 Å². The number of carbonyl (C=O) groups is 3. The fourth-order valence-electron chi connectivity index (χ4n) is 1.72. The maximum Gasteiger partial charge on any atom is 0.326 e. The molecule has 6 heteroatoms. The molecule has 1 fully saturated rings. The van der Waals surface area contributed by atoms with Crippen LogP contribution >= 0.6 is 0 Å². The van der Waals surface area contributed by atoms with Gasteiger partial charge in [0.25, 0.3) is 0 Å². The molecule has 0 aromatic heterocycles. The highest BCUT2D eigenvalue weighted by molar-refractivity contribution is 5.88. The van der Waals surface area contributed by atoms with Crippen molar-refractivity contribution in [2.24, 2.45) is 11.8 Å². The smallest absolute Gasteiger partial charge is 0.326 e. The summed E-state index contributed by atoms with van der Waals surface area (Å²) < 4.78 is 0. The molecule has 6 nitrogen and oxygen atoms in total. The second kappa shape index (κ2) is 7.11. The summed E-state index contributed by atoms with van der Waals surface area (Å²) in [5.41, 5.74) is 0. The Labute approximate surface area is 112 Å². The van der Waals surface area contributed by atoms with Crippen LogP contribution in [0.5, 0.6) is 0 Å². The molecule has 19 heavy (non-hydrogen) atoms. The van der Waals surface area contributed by atoms with Crippen molar-refractivity contribution in [1.82, 2.24) is 10.6 Å². The van der Waals surface area contributed by atoms with Crippen LogP contribution in [-0.2, 0) is 14.4 Å². The number of carboxylic acids is 1. The minimum Gasteiger partial charge on any atom is -0.480 e. The van der Waals surface area contributed by atoms with Crippen molar-refractivity contribution in [3.63, 3.8) is 0 Å². The first kappa shape index (κ1) is 15.5. The fraction of sp³-hybridized carbons (Fsp3) is 0.769. The molecule has 0 aromatic rings. The average molecular weight is 270 g/mol. The zero-order valence-electron chi connectivity index (χ0n) is 11.4. The number of hydrogen-bond donors (Lipinski definition) is 3. The van der Waals surface area contributed by atoms with Crippen LogP contribution in [0.1, 0.15) is 39.5 Å². The molecular weight excluding hydrogens is 248 g/mol.